The zero-order valence-corrected chi connectivity index (χ0v) is 10.2. The second-order valence-electron chi connectivity index (χ2n) is 5.22. The van der Waals surface area contributed by atoms with Crippen molar-refractivity contribution in [3.05, 3.63) is 39.9 Å². The van der Waals surface area contributed by atoms with E-state index < -0.39 is 0 Å². The summed E-state index contributed by atoms with van der Waals surface area (Å²) >= 11 is 0. The average molecular weight is 247 g/mol. The van der Waals surface area contributed by atoms with Crippen LogP contribution in [0.25, 0.3) is 0 Å². The van der Waals surface area contributed by atoms with Crippen molar-refractivity contribution >= 4 is 5.69 Å². The van der Waals surface area contributed by atoms with E-state index in [0.29, 0.717) is 6.04 Å². The van der Waals surface area contributed by atoms with Gasteiger partial charge in [-0.3, -0.25) is 15.0 Å². The highest BCUT2D eigenvalue weighted by Gasteiger charge is 2.41. The standard InChI is InChI=1S/C13H17N3O2/c14-12-6-7-15(10-4-5-10)13(12)9-2-1-3-11(8-9)16(17)18/h1-3,8,10,12-13H,4-7,14H2. The molecule has 1 aliphatic carbocycles. The number of rotatable bonds is 3. The second kappa shape index (κ2) is 4.33. The normalized spacial score (nSPS) is 28.5. The summed E-state index contributed by atoms with van der Waals surface area (Å²) in [4.78, 5) is 12.9. The van der Waals surface area contributed by atoms with E-state index in [1.54, 1.807) is 12.1 Å². The first-order chi connectivity index (χ1) is 8.66. The molecule has 96 valence electrons. The Balaban J connectivity index is 1.91. The van der Waals surface area contributed by atoms with Crippen LogP contribution in [0.5, 0.6) is 0 Å². The van der Waals surface area contributed by atoms with Gasteiger partial charge in [0, 0.05) is 30.8 Å². The highest BCUT2D eigenvalue weighted by molar-refractivity contribution is 5.37. The number of nitro benzene ring substituents is 1. The molecule has 5 heteroatoms. The monoisotopic (exact) mass is 247 g/mol. The average Bonchev–Trinajstić information content (AvgIpc) is 3.13. The smallest absolute Gasteiger partial charge is 0.269 e. The molecule has 0 amide bonds. The molecule has 1 heterocycles. The fourth-order valence-electron chi connectivity index (χ4n) is 2.92. The van der Waals surface area contributed by atoms with Crippen molar-refractivity contribution in [2.75, 3.05) is 6.54 Å². The highest BCUT2D eigenvalue weighted by atomic mass is 16.6. The molecule has 2 N–H and O–H groups in total. The van der Waals surface area contributed by atoms with Gasteiger partial charge < -0.3 is 5.73 Å². The molecule has 2 fully saturated rings. The third-order valence-electron chi connectivity index (χ3n) is 3.92. The van der Waals surface area contributed by atoms with Crippen molar-refractivity contribution < 1.29 is 4.92 Å². The predicted molar refractivity (Wildman–Crippen MR) is 68.2 cm³/mol. The molecule has 1 aromatic carbocycles. The summed E-state index contributed by atoms with van der Waals surface area (Å²) < 4.78 is 0. The van der Waals surface area contributed by atoms with Gasteiger partial charge in [0.1, 0.15) is 0 Å². The minimum Gasteiger partial charge on any atom is -0.326 e. The Labute approximate surface area is 106 Å². The molecule has 3 rings (SSSR count). The Morgan fingerprint density at radius 1 is 1.33 bits per heavy atom. The summed E-state index contributed by atoms with van der Waals surface area (Å²) in [6.07, 6.45) is 3.44. The summed E-state index contributed by atoms with van der Waals surface area (Å²) in [5.41, 5.74) is 7.32. The van der Waals surface area contributed by atoms with Gasteiger partial charge in [-0.05, 0) is 24.8 Å². The van der Waals surface area contributed by atoms with Crippen molar-refractivity contribution in [2.45, 2.75) is 37.4 Å². The highest BCUT2D eigenvalue weighted by Crippen LogP contribution is 2.40. The third kappa shape index (κ3) is 2.00. The van der Waals surface area contributed by atoms with Crippen LogP contribution < -0.4 is 5.73 Å². The third-order valence-corrected chi connectivity index (χ3v) is 3.92. The number of hydrogen-bond acceptors (Lipinski definition) is 4. The summed E-state index contributed by atoms with van der Waals surface area (Å²) in [6.45, 7) is 1.01. The molecule has 5 nitrogen and oxygen atoms in total. The van der Waals surface area contributed by atoms with E-state index in [-0.39, 0.29) is 22.7 Å². The Kier molecular flexibility index (Phi) is 2.80. The van der Waals surface area contributed by atoms with Crippen LogP contribution in [-0.2, 0) is 0 Å². The Bertz CT molecular complexity index is 473. The number of nitrogens with two attached hydrogens (primary N) is 1. The molecule has 0 aromatic heterocycles. The Hall–Kier alpha value is -1.46. The molecule has 1 saturated carbocycles. The van der Waals surface area contributed by atoms with Crippen molar-refractivity contribution in [1.29, 1.82) is 0 Å². The van der Waals surface area contributed by atoms with Gasteiger partial charge in [-0.25, -0.2) is 0 Å². The number of likely N-dealkylation sites (tertiary alicyclic amines) is 1. The number of hydrogen-bond donors (Lipinski definition) is 1. The molecular formula is C13H17N3O2. The largest absolute Gasteiger partial charge is 0.326 e. The van der Waals surface area contributed by atoms with E-state index in [1.807, 2.05) is 6.07 Å². The van der Waals surface area contributed by atoms with Gasteiger partial charge in [0.25, 0.3) is 5.69 Å². The van der Waals surface area contributed by atoms with Crippen LogP contribution in [0.2, 0.25) is 0 Å². The molecule has 1 aliphatic heterocycles. The topological polar surface area (TPSA) is 72.4 Å². The maximum absolute atomic E-state index is 10.8. The lowest BCUT2D eigenvalue weighted by Crippen LogP contribution is -2.33. The van der Waals surface area contributed by atoms with Crippen LogP contribution in [-0.4, -0.2) is 28.5 Å². The number of nitro groups is 1. The summed E-state index contributed by atoms with van der Waals surface area (Å²) in [7, 11) is 0. The molecule has 0 bridgehead atoms. The summed E-state index contributed by atoms with van der Waals surface area (Å²) in [6, 6.07) is 7.80. The van der Waals surface area contributed by atoms with Crippen molar-refractivity contribution in [2.24, 2.45) is 5.73 Å². The van der Waals surface area contributed by atoms with E-state index >= 15 is 0 Å². The van der Waals surface area contributed by atoms with Gasteiger partial charge in [-0.1, -0.05) is 12.1 Å². The molecule has 2 unspecified atom stereocenters. The van der Waals surface area contributed by atoms with E-state index in [1.165, 1.54) is 18.9 Å². The summed E-state index contributed by atoms with van der Waals surface area (Å²) in [5, 5.41) is 10.8. The minimum absolute atomic E-state index is 0.0904. The lowest BCUT2D eigenvalue weighted by molar-refractivity contribution is -0.384. The van der Waals surface area contributed by atoms with Crippen LogP contribution in [0, 0.1) is 10.1 Å². The molecule has 18 heavy (non-hydrogen) atoms. The van der Waals surface area contributed by atoms with E-state index in [2.05, 4.69) is 4.90 Å². The fraction of sp³-hybridized carbons (Fsp3) is 0.538. The van der Waals surface area contributed by atoms with Crippen LogP contribution >= 0.6 is 0 Å². The lowest BCUT2D eigenvalue weighted by atomic mass is 10.00. The fourth-order valence-corrected chi connectivity index (χ4v) is 2.92. The molecule has 1 saturated heterocycles. The van der Waals surface area contributed by atoms with E-state index in [9.17, 15) is 10.1 Å². The zero-order chi connectivity index (χ0) is 12.7. The molecule has 2 aliphatic rings. The van der Waals surface area contributed by atoms with Crippen molar-refractivity contribution in [1.82, 2.24) is 4.90 Å². The number of nitrogens with zero attached hydrogens (tertiary/aromatic N) is 2. The van der Waals surface area contributed by atoms with Gasteiger partial charge >= 0.3 is 0 Å². The van der Waals surface area contributed by atoms with Gasteiger partial charge in [-0.15, -0.1) is 0 Å². The van der Waals surface area contributed by atoms with Crippen molar-refractivity contribution in [3.63, 3.8) is 0 Å². The first-order valence-corrected chi connectivity index (χ1v) is 6.42. The van der Waals surface area contributed by atoms with Crippen LogP contribution in [0.3, 0.4) is 0 Å². The van der Waals surface area contributed by atoms with Crippen LogP contribution in [0.1, 0.15) is 30.9 Å². The van der Waals surface area contributed by atoms with Crippen LogP contribution in [0.4, 0.5) is 5.69 Å². The molecule has 0 radical (unpaired) electrons. The van der Waals surface area contributed by atoms with Gasteiger partial charge in [-0.2, -0.15) is 0 Å². The van der Waals surface area contributed by atoms with E-state index in [0.717, 1.165) is 18.5 Å². The molecule has 2 atom stereocenters. The quantitative estimate of drug-likeness (QED) is 0.653. The predicted octanol–water partition coefficient (Wildman–Crippen LogP) is 1.83. The second-order valence-corrected chi connectivity index (χ2v) is 5.22. The van der Waals surface area contributed by atoms with Crippen molar-refractivity contribution in [3.8, 4) is 0 Å². The Morgan fingerprint density at radius 3 is 2.78 bits per heavy atom. The molecule has 1 aromatic rings. The number of benzene rings is 1. The van der Waals surface area contributed by atoms with E-state index in [4.69, 9.17) is 5.73 Å². The van der Waals surface area contributed by atoms with Gasteiger partial charge in [0.2, 0.25) is 0 Å². The zero-order valence-electron chi connectivity index (χ0n) is 10.2. The van der Waals surface area contributed by atoms with Gasteiger partial charge in [0.15, 0.2) is 0 Å². The Morgan fingerprint density at radius 2 is 2.11 bits per heavy atom. The maximum atomic E-state index is 10.8. The SMILES string of the molecule is NC1CCN(C2CC2)C1c1cccc([N+](=O)[O-])c1. The minimum atomic E-state index is -0.342. The number of non-ortho nitro benzene ring substituents is 1. The first-order valence-electron chi connectivity index (χ1n) is 6.42. The molecular weight excluding hydrogens is 230 g/mol. The summed E-state index contributed by atoms with van der Waals surface area (Å²) in [5.74, 6) is 0. The first kappa shape index (κ1) is 11.6. The maximum Gasteiger partial charge on any atom is 0.269 e. The van der Waals surface area contributed by atoms with Gasteiger partial charge in [0.05, 0.1) is 11.0 Å². The molecule has 0 spiro atoms. The lowest BCUT2D eigenvalue weighted by Gasteiger charge is -2.26. The van der Waals surface area contributed by atoms with Crippen LogP contribution in [0.15, 0.2) is 24.3 Å².